The molecule has 0 radical (unpaired) electrons. The summed E-state index contributed by atoms with van der Waals surface area (Å²) in [6.07, 6.45) is 1.13. The molecule has 0 spiro atoms. The highest BCUT2D eigenvalue weighted by Gasteiger charge is 2.20. The number of carbonyl (C=O) groups is 1. The Balaban J connectivity index is 3.17. The second-order valence-electron chi connectivity index (χ2n) is 2.15. The van der Waals surface area contributed by atoms with Crippen molar-refractivity contribution in [3.8, 4) is 0 Å². The number of nitrogens with zero attached hydrogens (tertiary/aromatic N) is 3. The van der Waals surface area contributed by atoms with Crippen molar-refractivity contribution in [2.45, 2.75) is 0 Å². The van der Waals surface area contributed by atoms with Crippen molar-refractivity contribution in [3.63, 3.8) is 0 Å². The van der Waals surface area contributed by atoms with Gasteiger partial charge >= 0.3 is 17.5 Å². The lowest BCUT2D eigenvalue weighted by atomic mass is 10.6. The van der Waals surface area contributed by atoms with Gasteiger partial charge in [-0.3, -0.25) is 4.79 Å². The van der Waals surface area contributed by atoms with E-state index in [-0.39, 0.29) is 11.6 Å². The molecular formula is C5H6N4O3. The first-order chi connectivity index (χ1) is 5.52. The van der Waals surface area contributed by atoms with Crippen LogP contribution in [0.5, 0.6) is 0 Å². The Morgan fingerprint density at radius 3 is 2.67 bits per heavy atom. The smallest absolute Gasteiger partial charge is 0.361 e. The highest BCUT2D eigenvalue weighted by molar-refractivity contribution is 5.89. The zero-order valence-electron chi connectivity index (χ0n) is 6.22. The van der Waals surface area contributed by atoms with Crippen molar-refractivity contribution in [2.75, 3.05) is 0 Å². The van der Waals surface area contributed by atoms with E-state index in [1.54, 1.807) is 0 Å². The van der Waals surface area contributed by atoms with Gasteiger partial charge in [-0.15, -0.1) is 0 Å². The van der Waals surface area contributed by atoms with E-state index < -0.39 is 10.8 Å². The number of hydrogen-bond acceptors (Lipinski definition) is 4. The molecule has 0 bridgehead atoms. The molecule has 0 aliphatic carbocycles. The van der Waals surface area contributed by atoms with Gasteiger partial charge in [0.1, 0.15) is 6.20 Å². The number of rotatable bonds is 2. The van der Waals surface area contributed by atoms with Gasteiger partial charge in [0, 0.05) is 7.05 Å². The fourth-order valence-corrected chi connectivity index (χ4v) is 0.767. The number of aromatic nitrogens is 2. The zero-order valence-corrected chi connectivity index (χ0v) is 6.22. The van der Waals surface area contributed by atoms with Crippen molar-refractivity contribution in [2.24, 2.45) is 12.8 Å². The number of primary amides is 1. The third-order valence-corrected chi connectivity index (χ3v) is 1.27. The Kier molecular flexibility index (Phi) is 1.78. The number of nitrogens with two attached hydrogens (primary N) is 1. The zero-order chi connectivity index (χ0) is 9.30. The molecule has 1 heterocycles. The van der Waals surface area contributed by atoms with Crippen LogP contribution in [0.3, 0.4) is 0 Å². The van der Waals surface area contributed by atoms with E-state index in [2.05, 4.69) is 4.98 Å². The summed E-state index contributed by atoms with van der Waals surface area (Å²) in [5, 5.41) is 10.2. The summed E-state index contributed by atoms with van der Waals surface area (Å²) in [4.78, 5) is 23.5. The van der Waals surface area contributed by atoms with Crippen LogP contribution in [0.25, 0.3) is 0 Å². The molecule has 1 amide bonds. The molecule has 0 saturated heterocycles. The van der Waals surface area contributed by atoms with Crippen LogP contribution in [-0.2, 0) is 7.05 Å². The molecule has 12 heavy (non-hydrogen) atoms. The van der Waals surface area contributed by atoms with Crippen molar-refractivity contribution >= 4 is 11.7 Å². The van der Waals surface area contributed by atoms with Gasteiger partial charge in [0.15, 0.2) is 0 Å². The first kappa shape index (κ1) is 8.18. The lowest BCUT2D eigenvalue weighted by Crippen LogP contribution is -2.16. The second-order valence-corrected chi connectivity index (χ2v) is 2.15. The summed E-state index contributed by atoms with van der Waals surface area (Å²) in [7, 11) is 1.46. The maximum Gasteiger partial charge on any atom is 0.382 e. The van der Waals surface area contributed by atoms with Crippen molar-refractivity contribution in [1.29, 1.82) is 0 Å². The summed E-state index contributed by atoms with van der Waals surface area (Å²) < 4.78 is 1.21. The fourth-order valence-electron chi connectivity index (χ4n) is 0.767. The van der Waals surface area contributed by atoms with Crippen LogP contribution in [0, 0.1) is 10.1 Å². The Morgan fingerprint density at radius 1 is 1.83 bits per heavy atom. The van der Waals surface area contributed by atoms with Gasteiger partial charge in [-0.25, -0.2) is 0 Å². The molecular weight excluding hydrogens is 164 g/mol. The van der Waals surface area contributed by atoms with Crippen LogP contribution in [-0.4, -0.2) is 20.4 Å². The van der Waals surface area contributed by atoms with E-state index in [1.807, 2.05) is 0 Å². The number of imidazole rings is 1. The lowest BCUT2D eigenvalue weighted by molar-refractivity contribution is -0.389. The molecule has 0 fully saturated rings. The number of carbonyl (C=O) groups excluding carboxylic acids is 1. The monoisotopic (exact) mass is 170 g/mol. The summed E-state index contributed by atoms with van der Waals surface area (Å²) in [5.41, 5.74) is 4.88. The highest BCUT2D eigenvalue weighted by Crippen LogP contribution is 2.08. The molecule has 1 aromatic heterocycles. The summed E-state index contributed by atoms with van der Waals surface area (Å²) >= 11 is 0. The normalized spacial score (nSPS) is 9.75. The number of hydrogen-bond donors (Lipinski definition) is 1. The van der Waals surface area contributed by atoms with Crippen LogP contribution < -0.4 is 5.73 Å². The van der Waals surface area contributed by atoms with Crippen LogP contribution >= 0.6 is 0 Å². The molecule has 0 unspecified atom stereocenters. The fraction of sp³-hybridized carbons (Fsp3) is 0.200. The van der Waals surface area contributed by atoms with E-state index in [1.165, 1.54) is 11.6 Å². The van der Waals surface area contributed by atoms with E-state index in [9.17, 15) is 14.9 Å². The minimum Gasteiger partial charge on any atom is -0.361 e. The average molecular weight is 170 g/mol. The predicted molar refractivity (Wildman–Crippen MR) is 38.4 cm³/mol. The third-order valence-electron chi connectivity index (χ3n) is 1.27. The van der Waals surface area contributed by atoms with Crippen LogP contribution in [0.15, 0.2) is 6.20 Å². The Bertz CT molecular complexity index is 342. The molecule has 1 aromatic rings. The second kappa shape index (κ2) is 2.61. The van der Waals surface area contributed by atoms with Gasteiger partial charge in [-0.05, 0) is 9.91 Å². The molecule has 0 atom stereocenters. The summed E-state index contributed by atoms with van der Waals surface area (Å²) in [6, 6.07) is 0. The topological polar surface area (TPSA) is 104 Å². The first-order valence-corrected chi connectivity index (χ1v) is 3.00. The molecule has 0 aliphatic heterocycles. The molecule has 64 valence electrons. The SMILES string of the molecule is Cn1cc([N+](=O)[O-])nc1C(N)=O. The van der Waals surface area contributed by atoms with E-state index in [0.717, 1.165) is 6.20 Å². The van der Waals surface area contributed by atoms with Crippen LogP contribution in [0.1, 0.15) is 10.6 Å². The van der Waals surface area contributed by atoms with Gasteiger partial charge < -0.3 is 20.4 Å². The largest absolute Gasteiger partial charge is 0.382 e. The lowest BCUT2D eigenvalue weighted by Gasteiger charge is -1.86. The van der Waals surface area contributed by atoms with Gasteiger partial charge in [0.25, 0.3) is 0 Å². The summed E-state index contributed by atoms with van der Waals surface area (Å²) in [6.45, 7) is 0. The molecule has 7 heteroatoms. The highest BCUT2D eigenvalue weighted by atomic mass is 16.6. The van der Waals surface area contributed by atoms with Crippen molar-refractivity contribution < 1.29 is 9.72 Å². The minimum atomic E-state index is -0.786. The van der Waals surface area contributed by atoms with Crippen molar-refractivity contribution in [1.82, 2.24) is 9.55 Å². The van der Waals surface area contributed by atoms with E-state index in [0.29, 0.717) is 0 Å². The average Bonchev–Trinajstić information content (AvgIpc) is 2.30. The minimum absolute atomic E-state index is 0.123. The standard InChI is InChI=1S/C5H6N4O3/c1-8-2-3(9(11)12)7-5(8)4(6)10/h2H,1H3,(H2,6,10). The Morgan fingerprint density at radius 2 is 2.42 bits per heavy atom. The summed E-state index contributed by atoms with van der Waals surface area (Å²) in [5.74, 6) is -1.29. The van der Waals surface area contributed by atoms with Gasteiger partial charge in [-0.1, -0.05) is 0 Å². The molecule has 1 rings (SSSR count). The van der Waals surface area contributed by atoms with Crippen LogP contribution in [0.4, 0.5) is 5.82 Å². The Hall–Kier alpha value is -1.92. The quantitative estimate of drug-likeness (QED) is 0.473. The molecule has 2 N–H and O–H groups in total. The maximum atomic E-state index is 10.6. The molecule has 7 nitrogen and oxygen atoms in total. The first-order valence-electron chi connectivity index (χ1n) is 3.00. The number of aryl methyl sites for hydroxylation is 1. The Labute approximate surface area is 67.0 Å². The molecule has 0 aliphatic rings. The van der Waals surface area contributed by atoms with Gasteiger partial charge in [0.2, 0.25) is 0 Å². The number of nitro groups is 1. The van der Waals surface area contributed by atoms with Crippen LogP contribution in [0.2, 0.25) is 0 Å². The predicted octanol–water partition coefficient (Wildman–Crippen LogP) is -0.573. The van der Waals surface area contributed by atoms with Gasteiger partial charge in [-0.2, -0.15) is 0 Å². The molecule has 0 saturated carbocycles. The molecule has 0 aromatic carbocycles. The van der Waals surface area contributed by atoms with E-state index in [4.69, 9.17) is 5.73 Å². The maximum absolute atomic E-state index is 10.6. The number of amides is 1. The van der Waals surface area contributed by atoms with Gasteiger partial charge in [0.05, 0.1) is 0 Å². The van der Waals surface area contributed by atoms with E-state index >= 15 is 0 Å². The third kappa shape index (κ3) is 1.24. The van der Waals surface area contributed by atoms with Crippen molar-refractivity contribution in [3.05, 3.63) is 22.1 Å².